The van der Waals surface area contributed by atoms with E-state index < -0.39 is 29.5 Å². The number of alkyl halides is 3. The van der Waals surface area contributed by atoms with Gasteiger partial charge in [-0.1, -0.05) is 55.3 Å². The summed E-state index contributed by atoms with van der Waals surface area (Å²) >= 11 is 6.14. The standard InChI is InChI=1S/C31H30ClF3N2O4/c1-2-3-26(19-4-6-21(7-5-19)29(40)36-15-14-27(38)39)28(20-9-12-25(32)13-10-20)30(41)37-17-22-8-11-24(31(33,34)35)16-23(22)18-37/h4-13,16,26,28H,2-3,14-15,17-18H2,1H3,(H,36,40)(H,38,39). The Labute approximate surface area is 241 Å². The van der Waals surface area contributed by atoms with Crippen LogP contribution in [-0.4, -0.2) is 34.3 Å². The summed E-state index contributed by atoms with van der Waals surface area (Å²) in [7, 11) is 0. The van der Waals surface area contributed by atoms with Gasteiger partial charge in [-0.05, 0) is 71.0 Å². The third-order valence-corrected chi connectivity index (χ3v) is 7.54. The number of carboxylic acid groups (broad SMARTS) is 1. The quantitative estimate of drug-likeness (QED) is 0.274. The molecule has 2 amide bonds. The number of carbonyl (C=O) groups excluding carboxylic acids is 2. The maximum absolute atomic E-state index is 14.2. The summed E-state index contributed by atoms with van der Waals surface area (Å²) in [6.07, 6.45) is -3.26. The van der Waals surface area contributed by atoms with Gasteiger partial charge < -0.3 is 15.3 Å². The van der Waals surface area contributed by atoms with Crippen LogP contribution >= 0.6 is 11.6 Å². The lowest BCUT2D eigenvalue weighted by atomic mass is 9.77. The van der Waals surface area contributed by atoms with Gasteiger partial charge in [-0.15, -0.1) is 0 Å². The van der Waals surface area contributed by atoms with E-state index in [0.717, 1.165) is 29.7 Å². The molecule has 6 nitrogen and oxygen atoms in total. The molecule has 0 radical (unpaired) electrons. The lowest BCUT2D eigenvalue weighted by Crippen LogP contribution is -2.34. The third kappa shape index (κ3) is 7.27. The first-order chi connectivity index (χ1) is 19.5. The Morgan fingerprint density at radius 2 is 1.59 bits per heavy atom. The van der Waals surface area contributed by atoms with E-state index in [0.29, 0.717) is 28.1 Å². The maximum Gasteiger partial charge on any atom is 0.416 e. The van der Waals surface area contributed by atoms with Crippen molar-refractivity contribution in [1.29, 1.82) is 0 Å². The largest absolute Gasteiger partial charge is 0.481 e. The van der Waals surface area contributed by atoms with Gasteiger partial charge in [0.1, 0.15) is 0 Å². The average Bonchev–Trinajstić information content (AvgIpc) is 3.37. The van der Waals surface area contributed by atoms with Crippen LogP contribution in [0.3, 0.4) is 0 Å². The molecule has 216 valence electrons. The number of nitrogens with zero attached hydrogens (tertiary/aromatic N) is 1. The number of nitrogens with one attached hydrogen (secondary N) is 1. The van der Waals surface area contributed by atoms with E-state index >= 15 is 0 Å². The second kappa shape index (κ2) is 12.8. The summed E-state index contributed by atoms with van der Waals surface area (Å²) in [6.45, 7) is 2.30. The Morgan fingerprint density at radius 3 is 2.20 bits per heavy atom. The number of carbonyl (C=O) groups is 3. The SMILES string of the molecule is CCCC(c1ccc(C(=O)NCCC(=O)O)cc1)C(C(=O)N1Cc2ccc(C(F)(F)F)cc2C1)c1ccc(Cl)cc1. The van der Waals surface area contributed by atoms with Crippen molar-refractivity contribution in [2.24, 2.45) is 0 Å². The third-order valence-electron chi connectivity index (χ3n) is 7.29. The van der Waals surface area contributed by atoms with Crippen molar-refractivity contribution >= 4 is 29.4 Å². The average molecular weight is 587 g/mol. The fourth-order valence-electron chi connectivity index (χ4n) is 5.24. The molecule has 41 heavy (non-hydrogen) atoms. The number of halogens is 4. The molecule has 0 bridgehead atoms. The van der Waals surface area contributed by atoms with Gasteiger partial charge in [0.25, 0.3) is 5.91 Å². The van der Waals surface area contributed by atoms with E-state index in [1.807, 2.05) is 6.92 Å². The first-order valence-electron chi connectivity index (χ1n) is 13.3. The van der Waals surface area contributed by atoms with Crippen molar-refractivity contribution in [2.45, 2.75) is 57.3 Å². The van der Waals surface area contributed by atoms with E-state index in [4.69, 9.17) is 16.7 Å². The van der Waals surface area contributed by atoms with Crippen LogP contribution in [-0.2, 0) is 28.9 Å². The normalized spacial score (nSPS) is 14.3. The molecule has 1 aliphatic heterocycles. The molecular formula is C31H30ClF3N2O4. The van der Waals surface area contributed by atoms with Gasteiger partial charge in [-0.2, -0.15) is 13.2 Å². The maximum atomic E-state index is 14.2. The molecule has 2 N–H and O–H groups in total. The molecule has 0 spiro atoms. The Balaban J connectivity index is 1.63. The van der Waals surface area contributed by atoms with E-state index in [1.165, 1.54) is 6.07 Å². The zero-order valence-corrected chi connectivity index (χ0v) is 23.1. The summed E-state index contributed by atoms with van der Waals surface area (Å²) in [4.78, 5) is 39.0. The van der Waals surface area contributed by atoms with Crippen LogP contribution in [0.1, 0.15) is 76.2 Å². The number of benzene rings is 3. The summed E-state index contributed by atoms with van der Waals surface area (Å²) in [5.41, 5.74) is 2.35. The lowest BCUT2D eigenvalue weighted by Gasteiger charge is -2.31. The minimum Gasteiger partial charge on any atom is -0.481 e. The van der Waals surface area contributed by atoms with Crippen molar-refractivity contribution < 1.29 is 32.7 Å². The highest BCUT2D eigenvalue weighted by Gasteiger charge is 2.37. The number of carboxylic acids is 1. The van der Waals surface area contributed by atoms with Crippen LogP contribution in [0.5, 0.6) is 0 Å². The van der Waals surface area contributed by atoms with Crippen molar-refractivity contribution in [3.8, 4) is 0 Å². The number of fused-ring (bicyclic) bond motifs is 1. The summed E-state index contributed by atoms with van der Waals surface area (Å²) in [5.74, 6) is -2.54. The van der Waals surface area contributed by atoms with Gasteiger partial charge in [0.05, 0.1) is 17.9 Å². The van der Waals surface area contributed by atoms with Crippen LogP contribution in [0.4, 0.5) is 13.2 Å². The second-order valence-electron chi connectivity index (χ2n) is 10.1. The lowest BCUT2D eigenvalue weighted by molar-refractivity contribution is -0.138. The number of hydrogen-bond acceptors (Lipinski definition) is 3. The number of aliphatic carboxylic acids is 1. The number of hydrogen-bond donors (Lipinski definition) is 2. The van der Waals surface area contributed by atoms with Crippen LogP contribution in [0, 0.1) is 0 Å². The zero-order valence-electron chi connectivity index (χ0n) is 22.4. The molecule has 10 heteroatoms. The van der Waals surface area contributed by atoms with Crippen LogP contribution in [0.25, 0.3) is 0 Å². The Morgan fingerprint density at radius 1 is 0.951 bits per heavy atom. The highest BCUT2D eigenvalue weighted by molar-refractivity contribution is 6.30. The van der Waals surface area contributed by atoms with E-state index in [2.05, 4.69) is 5.32 Å². The molecule has 0 aliphatic carbocycles. The monoisotopic (exact) mass is 586 g/mol. The Hall–Kier alpha value is -3.85. The first-order valence-corrected chi connectivity index (χ1v) is 13.7. The topological polar surface area (TPSA) is 86.7 Å². The number of amides is 2. The molecule has 0 saturated heterocycles. The molecule has 0 aromatic heterocycles. The van der Waals surface area contributed by atoms with Crippen molar-refractivity contribution in [3.05, 3.63) is 105 Å². The molecular weight excluding hydrogens is 557 g/mol. The van der Waals surface area contributed by atoms with Crippen LogP contribution < -0.4 is 5.32 Å². The van der Waals surface area contributed by atoms with E-state index in [1.54, 1.807) is 53.4 Å². The number of rotatable bonds is 10. The molecule has 0 saturated carbocycles. The molecule has 1 heterocycles. The minimum atomic E-state index is -4.47. The summed E-state index contributed by atoms with van der Waals surface area (Å²) in [6, 6.07) is 17.5. The Kier molecular flexibility index (Phi) is 9.38. The predicted molar refractivity (Wildman–Crippen MR) is 149 cm³/mol. The molecule has 3 aromatic carbocycles. The molecule has 3 aromatic rings. The highest BCUT2D eigenvalue weighted by atomic mass is 35.5. The van der Waals surface area contributed by atoms with Crippen molar-refractivity contribution in [2.75, 3.05) is 6.54 Å². The molecule has 4 rings (SSSR count). The van der Waals surface area contributed by atoms with E-state index in [-0.39, 0.29) is 37.9 Å². The molecule has 2 unspecified atom stereocenters. The van der Waals surface area contributed by atoms with E-state index in [9.17, 15) is 27.6 Å². The van der Waals surface area contributed by atoms with Crippen LogP contribution in [0.2, 0.25) is 5.02 Å². The van der Waals surface area contributed by atoms with Crippen molar-refractivity contribution in [1.82, 2.24) is 10.2 Å². The highest BCUT2D eigenvalue weighted by Crippen LogP contribution is 2.41. The van der Waals surface area contributed by atoms with Gasteiger partial charge in [-0.25, -0.2) is 0 Å². The minimum absolute atomic E-state index is 0.00417. The van der Waals surface area contributed by atoms with Crippen LogP contribution in [0.15, 0.2) is 66.7 Å². The Bertz CT molecular complexity index is 1410. The first kappa shape index (κ1) is 30.1. The molecule has 1 aliphatic rings. The van der Waals surface area contributed by atoms with Gasteiger partial charge in [0.15, 0.2) is 0 Å². The summed E-state index contributed by atoms with van der Waals surface area (Å²) in [5, 5.41) is 11.9. The fraction of sp³-hybridized carbons (Fsp3) is 0.323. The predicted octanol–water partition coefficient (Wildman–Crippen LogP) is 6.77. The van der Waals surface area contributed by atoms with Gasteiger partial charge in [0.2, 0.25) is 5.91 Å². The fourth-order valence-corrected chi connectivity index (χ4v) is 5.37. The van der Waals surface area contributed by atoms with Gasteiger partial charge >= 0.3 is 12.1 Å². The second-order valence-corrected chi connectivity index (χ2v) is 10.6. The molecule has 0 fully saturated rings. The summed E-state index contributed by atoms with van der Waals surface area (Å²) < 4.78 is 39.9. The zero-order chi connectivity index (χ0) is 29.7. The molecule has 2 atom stereocenters. The van der Waals surface area contributed by atoms with Gasteiger partial charge in [-0.3, -0.25) is 14.4 Å². The smallest absolute Gasteiger partial charge is 0.416 e. The van der Waals surface area contributed by atoms with Gasteiger partial charge in [0, 0.05) is 30.2 Å². The van der Waals surface area contributed by atoms with Crippen molar-refractivity contribution in [3.63, 3.8) is 0 Å².